The molecule has 0 fully saturated rings. The lowest BCUT2D eigenvalue weighted by Crippen LogP contribution is -2.05. The maximum absolute atomic E-state index is 2.54. The van der Waals surface area contributed by atoms with Crippen molar-refractivity contribution in [2.24, 2.45) is 0 Å². The summed E-state index contributed by atoms with van der Waals surface area (Å²) in [6, 6.07) is 73.1. The van der Waals surface area contributed by atoms with Crippen molar-refractivity contribution in [2.45, 2.75) is 12.8 Å². The average Bonchev–Trinajstić information content (AvgIpc) is 3.79. The van der Waals surface area contributed by atoms with E-state index in [1.165, 1.54) is 99.9 Å². The number of nitrogens with zero attached hydrogens (tertiary/aromatic N) is 2. The van der Waals surface area contributed by atoms with Crippen LogP contribution in [-0.4, -0.2) is 9.13 Å². The number of hydrogen-bond donors (Lipinski definition) is 0. The fourth-order valence-corrected chi connectivity index (χ4v) is 8.97. The molecule has 0 atom stereocenters. The molecule has 8 aromatic carbocycles. The van der Waals surface area contributed by atoms with Crippen LogP contribution in [-0.2, 0) is 6.42 Å². The Morgan fingerprint density at radius 1 is 0.304 bits per heavy atom. The van der Waals surface area contributed by atoms with E-state index in [4.69, 9.17) is 0 Å². The predicted octanol–water partition coefficient (Wildman–Crippen LogP) is 14.2. The first kappa shape index (κ1) is 32.3. The van der Waals surface area contributed by atoms with E-state index in [-0.39, 0.29) is 0 Å². The van der Waals surface area contributed by atoms with Gasteiger partial charge in [0.15, 0.2) is 0 Å². The number of fused-ring (bicyclic) bond motifs is 6. The third-order valence-corrected chi connectivity index (χ3v) is 11.6. The van der Waals surface area contributed by atoms with Gasteiger partial charge in [0, 0.05) is 38.8 Å². The summed E-state index contributed by atoms with van der Waals surface area (Å²) in [5, 5.41) is 3.81. The zero-order chi connectivity index (χ0) is 37.0. The molecule has 2 heterocycles. The molecular weight excluding hydrogens is 677 g/mol. The van der Waals surface area contributed by atoms with Crippen molar-refractivity contribution in [3.63, 3.8) is 0 Å². The molecule has 2 nitrogen and oxygen atoms in total. The summed E-state index contributed by atoms with van der Waals surface area (Å²) < 4.78 is 4.93. The maximum atomic E-state index is 2.54. The normalized spacial score (nSPS) is 12.6. The van der Waals surface area contributed by atoms with Crippen molar-refractivity contribution >= 4 is 44.4 Å². The molecule has 0 amide bonds. The van der Waals surface area contributed by atoms with E-state index in [1.807, 2.05) is 0 Å². The minimum Gasteiger partial charge on any atom is -0.313 e. The lowest BCUT2D eigenvalue weighted by Gasteiger charge is -2.19. The average molecular weight is 715 g/mol. The van der Waals surface area contributed by atoms with Crippen molar-refractivity contribution in [1.29, 1.82) is 0 Å². The number of hydrogen-bond acceptors (Lipinski definition) is 0. The summed E-state index contributed by atoms with van der Waals surface area (Å²) in [6.45, 7) is 0. The van der Waals surface area contributed by atoms with Crippen molar-refractivity contribution in [3.8, 4) is 44.8 Å². The van der Waals surface area contributed by atoms with E-state index in [1.54, 1.807) is 0 Å². The Morgan fingerprint density at radius 2 is 0.821 bits per heavy atom. The molecule has 264 valence electrons. The molecule has 11 rings (SSSR count). The van der Waals surface area contributed by atoms with Gasteiger partial charge in [0.25, 0.3) is 0 Å². The standard InChI is InChI=1S/C54H38N2/c1-5-15-37(16-6-1)40-25-28-53-49(34-40)50-36-42(41-26-29-52-48(35-41)47-23-13-14-24-51(47)55(52)45-21-11-4-12-22-45)27-30-54(50)56(53)46-32-43(38-17-7-2-8-18-38)31-44(33-46)39-19-9-3-10-20-39/h1-24,26-27,29-36H,25,28H2. The second kappa shape index (κ2) is 13.3. The minimum atomic E-state index is 0.960. The van der Waals surface area contributed by atoms with Gasteiger partial charge in [-0.25, -0.2) is 0 Å². The molecule has 1 aliphatic carbocycles. The van der Waals surface area contributed by atoms with Gasteiger partial charge >= 0.3 is 0 Å². The summed E-state index contributed by atoms with van der Waals surface area (Å²) in [5.74, 6) is 0. The van der Waals surface area contributed by atoms with Gasteiger partial charge in [-0.1, -0.05) is 140 Å². The van der Waals surface area contributed by atoms with E-state index in [0.717, 1.165) is 12.8 Å². The van der Waals surface area contributed by atoms with Crippen LogP contribution in [0.5, 0.6) is 0 Å². The molecule has 2 aromatic heterocycles. The number of rotatable bonds is 6. The highest BCUT2D eigenvalue weighted by Gasteiger charge is 2.23. The second-order valence-corrected chi connectivity index (χ2v) is 14.9. The van der Waals surface area contributed by atoms with Crippen LogP contribution in [0.25, 0.3) is 89.1 Å². The Kier molecular flexibility index (Phi) is 7.67. The van der Waals surface area contributed by atoms with E-state index < -0.39 is 0 Å². The fourth-order valence-electron chi connectivity index (χ4n) is 8.97. The minimum absolute atomic E-state index is 0.960. The van der Waals surface area contributed by atoms with E-state index in [2.05, 4.69) is 215 Å². The monoisotopic (exact) mass is 714 g/mol. The predicted molar refractivity (Wildman–Crippen MR) is 237 cm³/mol. The molecule has 0 bridgehead atoms. The first-order valence-electron chi connectivity index (χ1n) is 19.6. The number of aromatic nitrogens is 2. The topological polar surface area (TPSA) is 9.86 Å². The van der Waals surface area contributed by atoms with Crippen molar-refractivity contribution in [3.05, 3.63) is 217 Å². The summed E-state index contributed by atoms with van der Waals surface area (Å²) in [7, 11) is 0. The van der Waals surface area contributed by atoms with Gasteiger partial charge in [-0.2, -0.15) is 0 Å². The largest absolute Gasteiger partial charge is 0.313 e. The quantitative estimate of drug-likeness (QED) is 0.162. The van der Waals surface area contributed by atoms with E-state index in [0.29, 0.717) is 0 Å². The van der Waals surface area contributed by atoms with Crippen LogP contribution in [0.2, 0.25) is 0 Å². The van der Waals surface area contributed by atoms with Crippen LogP contribution in [0.1, 0.15) is 23.2 Å². The fraction of sp³-hybridized carbons (Fsp3) is 0.0370. The van der Waals surface area contributed by atoms with Crippen molar-refractivity contribution in [2.75, 3.05) is 0 Å². The van der Waals surface area contributed by atoms with Gasteiger partial charge in [-0.05, 0) is 124 Å². The van der Waals surface area contributed by atoms with Crippen LogP contribution in [0.3, 0.4) is 0 Å². The van der Waals surface area contributed by atoms with Gasteiger partial charge in [0.1, 0.15) is 0 Å². The first-order chi connectivity index (χ1) is 27.8. The van der Waals surface area contributed by atoms with Crippen LogP contribution in [0.15, 0.2) is 200 Å². The maximum Gasteiger partial charge on any atom is 0.0541 e. The zero-order valence-corrected chi connectivity index (χ0v) is 30.9. The molecule has 2 heteroatoms. The van der Waals surface area contributed by atoms with Crippen LogP contribution in [0, 0.1) is 0 Å². The lowest BCUT2D eigenvalue weighted by atomic mass is 9.90. The van der Waals surface area contributed by atoms with Crippen LogP contribution < -0.4 is 0 Å². The second-order valence-electron chi connectivity index (χ2n) is 14.9. The molecule has 1 aliphatic rings. The Balaban J connectivity index is 1.13. The molecule has 0 saturated carbocycles. The van der Waals surface area contributed by atoms with Crippen molar-refractivity contribution < 1.29 is 0 Å². The van der Waals surface area contributed by atoms with Gasteiger partial charge in [-0.15, -0.1) is 0 Å². The molecule has 56 heavy (non-hydrogen) atoms. The molecule has 0 aliphatic heterocycles. The summed E-state index contributed by atoms with van der Waals surface area (Å²) in [5.41, 5.74) is 18.7. The van der Waals surface area contributed by atoms with Gasteiger partial charge in [0.2, 0.25) is 0 Å². The summed E-state index contributed by atoms with van der Waals surface area (Å²) in [6.07, 6.45) is 4.42. The lowest BCUT2D eigenvalue weighted by molar-refractivity contribution is 0.898. The smallest absolute Gasteiger partial charge is 0.0541 e. The van der Waals surface area contributed by atoms with Gasteiger partial charge in [0.05, 0.1) is 16.6 Å². The highest BCUT2D eigenvalue weighted by atomic mass is 15.0. The molecule has 0 spiro atoms. The summed E-state index contributed by atoms with van der Waals surface area (Å²) in [4.78, 5) is 0. The highest BCUT2D eigenvalue weighted by molar-refractivity contribution is 6.11. The Bertz CT molecular complexity index is 3040. The van der Waals surface area contributed by atoms with Gasteiger partial charge < -0.3 is 9.13 Å². The SMILES string of the molecule is C1=C(c2ccccc2)CCc2c1c1cc(-c3ccc4c(c3)c3ccccc3n4-c3ccccc3)ccc1n2-c1cc(-c2ccccc2)cc(-c2ccccc2)c1. The molecule has 0 radical (unpaired) electrons. The Labute approximate surface area is 326 Å². The number of para-hydroxylation sites is 2. The van der Waals surface area contributed by atoms with E-state index in [9.17, 15) is 0 Å². The summed E-state index contributed by atoms with van der Waals surface area (Å²) >= 11 is 0. The Morgan fingerprint density at radius 3 is 1.46 bits per heavy atom. The first-order valence-corrected chi connectivity index (χ1v) is 19.6. The van der Waals surface area contributed by atoms with Crippen LogP contribution in [0.4, 0.5) is 0 Å². The molecule has 10 aromatic rings. The molecule has 0 N–H and O–H groups in total. The van der Waals surface area contributed by atoms with Crippen LogP contribution >= 0.6 is 0 Å². The third-order valence-electron chi connectivity index (χ3n) is 11.6. The molecule has 0 unspecified atom stereocenters. The number of allylic oxidation sites excluding steroid dienone is 1. The molecule has 0 saturated heterocycles. The van der Waals surface area contributed by atoms with Gasteiger partial charge in [-0.3, -0.25) is 0 Å². The van der Waals surface area contributed by atoms with E-state index >= 15 is 0 Å². The zero-order valence-electron chi connectivity index (χ0n) is 30.9. The van der Waals surface area contributed by atoms with Crippen molar-refractivity contribution in [1.82, 2.24) is 9.13 Å². The highest BCUT2D eigenvalue weighted by Crippen LogP contribution is 2.42. The Hall–Kier alpha value is -7.16. The third kappa shape index (κ3) is 5.41. The number of benzene rings is 8. The molecular formula is C54H38N2.